The Labute approximate surface area is 105 Å². The van der Waals surface area contributed by atoms with Gasteiger partial charge in [-0.05, 0) is 57.5 Å². The lowest BCUT2D eigenvalue weighted by Crippen LogP contribution is -2.25. The topological polar surface area (TPSA) is 15.3 Å². The molecule has 1 aliphatic rings. The fourth-order valence-corrected chi connectivity index (χ4v) is 2.10. The summed E-state index contributed by atoms with van der Waals surface area (Å²) in [4.78, 5) is 2.41. The lowest BCUT2D eigenvalue weighted by Gasteiger charge is -2.18. The molecule has 1 N–H and O–H groups in total. The molecule has 0 heterocycles. The van der Waals surface area contributed by atoms with Gasteiger partial charge in [-0.1, -0.05) is 24.3 Å². The first-order valence-corrected chi connectivity index (χ1v) is 6.72. The summed E-state index contributed by atoms with van der Waals surface area (Å²) in [6.45, 7) is 5.60. The summed E-state index contributed by atoms with van der Waals surface area (Å²) in [5.41, 5.74) is 2.85. The molecule has 1 saturated carbocycles. The molecule has 0 radical (unpaired) electrons. The van der Waals surface area contributed by atoms with E-state index in [0.29, 0.717) is 0 Å². The summed E-state index contributed by atoms with van der Waals surface area (Å²) >= 11 is 0. The quantitative estimate of drug-likeness (QED) is 0.727. The summed E-state index contributed by atoms with van der Waals surface area (Å²) in [5, 5.41) is 3.56. The normalized spacial score (nSPS) is 15.5. The summed E-state index contributed by atoms with van der Waals surface area (Å²) < 4.78 is 0. The lowest BCUT2D eigenvalue weighted by molar-refractivity contribution is 0.319. The largest absolute Gasteiger partial charge is 0.314 e. The number of nitrogens with one attached hydrogen (secondary N) is 1. The molecule has 0 atom stereocenters. The van der Waals surface area contributed by atoms with Crippen molar-refractivity contribution in [2.24, 2.45) is 0 Å². The molecule has 2 nitrogen and oxygen atoms in total. The zero-order valence-corrected chi connectivity index (χ0v) is 11.1. The molecule has 17 heavy (non-hydrogen) atoms. The minimum Gasteiger partial charge on any atom is -0.314 e. The summed E-state index contributed by atoms with van der Waals surface area (Å²) in [6, 6.07) is 9.51. The van der Waals surface area contributed by atoms with E-state index < -0.39 is 0 Å². The van der Waals surface area contributed by atoms with Crippen LogP contribution in [0.3, 0.4) is 0 Å². The van der Waals surface area contributed by atoms with Crippen LogP contribution in [0.5, 0.6) is 0 Å². The van der Waals surface area contributed by atoms with Gasteiger partial charge in [0.1, 0.15) is 0 Å². The van der Waals surface area contributed by atoms with Gasteiger partial charge in [-0.25, -0.2) is 0 Å². The smallest absolute Gasteiger partial charge is 0.0233 e. The van der Waals surface area contributed by atoms with Crippen molar-refractivity contribution < 1.29 is 0 Å². The van der Waals surface area contributed by atoms with Crippen LogP contribution in [0.4, 0.5) is 0 Å². The van der Waals surface area contributed by atoms with Crippen LogP contribution < -0.4 is 5.32 Å². The van der Waals surface area contributed by atoms with Crippen molar-refractivity contribution in [1.82, 2.24) is 10.2 Å². The lowest BCUT2D eigenvalue weighted by atomic mass is 10.1. The highest BCUT2D eigenvalue weighted by atomic mass is 15.1. The average molecular weight is 232 g/mol. The van der Waals surface area contributed by atoms with Gasteiger partial charge in [-0.3, -0.25) is 0 Å². The van der Waals surface area contributed by atoms with Crippen molar-refractivity contribution in [2.75, 3.05) is 20.1 Å². The first kappa shape index (κ1) is 12.6. The molecule has 0 unspecified atom stereocenters. The van der Waals surface area contributed by atoms with Crippen molar-refractivity contribution >= 4 is 0 Å². The Bertz CT molecular complexity index is 345. The van der Waals surface area contributed by atoms with Crippen molar-refractivity contribution in [3.8, 4) is 0 Å². The van der Waals surface area contributed by atoms with Crippen LogP contribution in [-0.4, -0.2) is 31.1 Å². The van der Waals surface area contributed by atoms with Gasteiger partial charge in [-0.15, -0.1) is 0 Å². The number of aryl methyl sites for hydroxylation is 1. The second-order valence-electron chi connectivity index (χ2n) is 5.25. The average Bonchev–Trinajstić information content (AvgIpc) is 3.12. The molecular formula is C15H24N2. The van der Waals surface area contributed by atoms with E-state index in [0.717, 1.165) is 12.6 Å². The second-order valence-corrected chi connectivity index (χ2v) is 5.25. The van der Waals surface area contributed by atoms with Crippen molar-refractivity contribution in [3.05, 3.63) is 35.4 Å². The molecule has 2 rings (SSSR count). The van der Waals surface area contributed by atoms with E-state index in [4.69, 9.17) is 0 Å². The number of benzene rings is 1. The zero-order valence-electron chi connectivity index (χ0n) is 11.1. The Morgan fingerprint density at radius 1 is 1.29 bits per heavy atom. The van der Waals surface area contributed by atoms with Crippen molar-refractivity contribution in [3.63, 3.8) is 0 Å². The first-order chi connectivity index (χ1) is 8.25. The molecule has 1 aromatic carbocycles. The first-order valence-electron chi connectivity index (χ1n) is 6.72. The third-order valence-corrected chi connectivity index (χ3v) is 3.43. The highest BCUT2D eigenvalue weighted by Crippen LogP contribution is 2.18. The molecule has 1 aromatic rings. The molecule has 2 heteroatoms. The van der Waals surface area contributed by atoms with Crippen LogP contribution in [-0.2, 0) is 6.54 Å². The predicted molar refractivity (Wildman–Crippen MR) is 73.2 cm³/mol. The van der Waals surface area contributed by atoms with E-state index in [1.807, 2.05) is 0 Å². The van der Waals surface area contributed by atoms with Crippen LogP contribution in [0.2, 0.25) is 0 Å². The highest BCUT2D eigenvalue weighted by molar-refractivity contribution is 5.25. The number of rotatable bonds is 7. The minimum absolute atomic E-state index is 0.844. The van der Waals surface area contributed by atoms with Crippen LogP contribution >= 0.6 is 0 Å². The van der Waals surface area contributed by atoms with E-state index in [2.05, 4.69) is 48.5 Å². The standard InChI is InChI=1S/C15H24N2/c1-13-6-3-4-7-14(13)12-17(2)11-5-10-16-15-8-9-15/h3-4,6-7,15-16H,5,8-12H2,1-2H3. The maximum Gasteiger partial charge on any atom is 0.0233 e. The zero-order chi connectivity index (χ0) is 12.1. The Hall–Kier alpha value is -0.860. The fourth-order valence-electron chi connectivity index (χ4n) is 2.10. The van der Waals surface area contributed by atoms with E-state index in [9.17, 15) is 0 Å². The summed E-state index contributed by atoms with van der Waals surface area (Å²) in [5.74, 6) is 0. The Balaban J connectivity index is 1.65. The monoisotopic (exact) mass is 232 g/mol. The van der Waals surface area contributed by atoms with Gasteiger partial charge in [0.25, 0.3) is 0 Å². The minimum atomic E-state index is 0.844. The maximum absolute atomic E-state index is 3.56. The Morgan fingerprint density at radius 2 is 2.06 bits per heavy atom. The third kappa shape index (κ3) is 4.49. The number of hydrogen-bond donors (Lipinski definition) is 1. The Kier molecular flexibility index (Phi) is 4.57. The summed E-state index contributed by atoms with van der Waals surface area (Å²) in [6.07, 6.45) is 4.02. The van der Waals surface area contributed by atoms with Crippen molar-refractivity contribution in [2.45, 2.75) is 38.8 Å². The number of hydrogen-bond acceptors (Lipinski definition) is 2. The molecule has 0 aromatic heterocycles. The third-order valence-electron chi connectivity index (χ3n) is 3.43. The second kappa shape index (κ2) is 6.18. The molecule has 94 valence electrons. The van der Waals surface area contributed by atoms with Gasteiger partial charge in [0, 0.05) is 12.6 Å². The van der Waals surface area contributed by atoms with Crippen LogP contribution in [0, 0.1) is 6.92 Å². The highest BCUT2D eigenvalue weighted by Gasteiger charge is 2.19. The molecule has 0 saturated heterocycles. The van der Waals surface area contributed by atoms with E-state index in [1.165, 1.54) is 43.5 Å². The Morgan fingerprint density at radius 3 is 2.76 bits per heavy atom. The molecule has 0 bridgehead atoms. The van der Waals surface area contributed by atoms with Crippen LogP contribution in [0.25, 0.3) is 0 Å². The molecule has 1 fully saturated rings. The van der Waals surface area contributed by atoms with Crippen LogP contribution in [0.1, 0.15) is 30.4 Å². The van der Waals surface area contributed by atoms with Gasteiger partial charge >= 0.3 is 0 Å². The molecule has 0 spiro atoms. The van der Waals surface area contributed by atoms with Gasteiger partial charge in [-0.2, -0.15) is 0 Å². The van der Waals surface area contributed by atoms with Gasteiger partial charge in [0.05, 0.1) is 0 Å². The SMILES string of the molecule is Cc1ccccc1CN(C)CCCNC1CC1. The summed E-state index contributed by atoms with van der Waals surface area (Å²) in [7, 11) is 2.21. The van der Waals surface area contributed by atoms with Gasteiger partial charge in [0.2, 0.25) is 0 Å². The van der Waals surface area contributed by atoms with E-state index in [1.54, 1.807) is 0 Å². The molecule has 1 aliphatic carbocycles. The number of nitrogens with zero attached hydrogens (tertiary/aromatic N) is 1. The van der Waals surface area contributed by atoms with E-state index >= 15 is 0 Å². The molecule has 0 amide bonds. The van der Waals surface area contributed by atoms with E-state index in [-0.39, 0.29) is 0 Å². The fraction of sp³-hybridized carbons (Fsp3) is 0.600. The van der Waals surface area contributed by atoms with Gasteiger partial charge in [0.15, 0.2) is 0 Å². The predicted octanol–water partition coefficient (Wildman–Crippen LogP) is 2.57. The maximum atomic E-state index is 3.56. The van der Waals surface area contributed by atoms with Crippen LogP contribution in [0.15, 0.2) is 24.3 Å². The molecular weight excluding hydrogens is 208 g/mol. The van der Waals surface area contributed by atoms with Crippen molar-refractivity contribution in [1.29, 1.82) is 0 Å². The van der Waals surface area contributed by atoms with Gasteiger partial charge < -0.3 is 10.2 Å². The molecule has 0 aliphatic heterocycles.